The molecule has 0 unspecified atom stereocenters. The zero-order valence-corrected chi connectivity index (χ0v) is 14.9. The van der Waals surface area contributed by atoms with Crippen molar-refractivity contribution in [2.45, 2.75) is 0 Å². The van der Waals surface area contributed by atoms with Gasteiger partial charge in [-0.25, -0.2) is 0 Å². The SMILES string of the molecule is Cl.NC(N)=N/N=C\c1ccc(N(CCBr)CCBr)cc1. The number of halogens is 3. The lowest BCUT2D eigenvalue weighted by Gasteiger charge is -2.23. The molecule has 1 aromatic rings. The lowest BCUT2D eigenvalue weighted by Crippen LogP contribution is -2.27. The van der Waals surface area contributed by atoms with Gasteiger partial charge >= 0.3 is 0 Å². The fourth-order valence-electron chi connectivity index (χ4n) is 1.51. The maximum Gasteiger partial charge on any atom is 0.211 e. The van der Waals surface area contributed by atoms with Crippen LogP contribution in [0, 0.1) is 0 Å². The van der Waals surface area contributed by atoms with Gasteiger partial charge in [-0.1, -0.05) is 44.0 Å². The molecule has 0 heterocycles. The summed E-state index contributed by atoms with van der Waals surface area (Å²) >= 11 is 6.93. The van der Waals surface area contributed by atoms with Crippen molar-refractivity contribution in [2.24, 2.45) is 21.7 Å². The van der Waals surface area contributed by atoms with Crippen molar-refractivity contribution in [3.63, 3.8) is 0 Å². The van der Waals surface area contributed by atoms with E-state index in [9.17, 15) is 0 Å². The maximum atomic E-state index is 5.19. The Kier molecular flexibility index (Phi) is 10.5. The first-order valence-corrected chi connectivity index (χ1v) is 8.00. The molecule has 0 amide bonds. The Bertz CT molecular complexity index is 426. The Labute approximate surface area is 142 Å². The topological polar surface area (TPSA) is 80.0 Å². The third-order valence-corrected chi connectivity index (χ3v) is 3.06. The molecule has 1 aromatic carbocycles. The van der Waals surface area contributed by atoms with Crippen LogP contribution >= 0.6 is 44.3 Å². The van der Waals surface area contributed by atoms with Crippen molar-refractivity contribution in [1.82, 2.24) is 0 Å². The van der Waals surface area contributed by atoms with Crippen LogP contribution in [0.1, 0.15) is 5.56 Å². The van der Waals surface area contributed by atoms with Gasteiger partial charge in [-0.2, -0.15) is 5.10 Å². The number of rotatable bonds is 7. The van der Waals surface area contributed by atoms with Gasteiger partial charge in [0.25, 0.3) is 0 Å². The Balaban J connectivity index is 0.00000361. The molecule has 0 aromatic heterocycles. The van der Waals surface area contributed by atoms with Crippen molar-refractivity contribution in [3.05, 3.63) is 29.8 Å². The minimum absolute atomic E-state index is 0. The van der Waals surface area contributed by atoms with Gasteiger partial charge in [-0.3, -0.25) is 0 Å². The molecule has 112 valence electrons. The lowest BCUT2D eigenvalue weighted by molar-refractivity contribution is 0.885. The monoisotopic (exact) mass is 425 g/mol. The lowest BCUT2D eigenvalue weighted by atomic mass is 10.2. The summed E-state index contributed by atoms with van der Waals surface area (Å²) in [4.78, 5) is 2.29. The van der Waals surface area contributed by atoms with Gasteiger partial charge < -0.3 is 16.4 Å². The van der Waals surface area contributed by atoms with Crippen LogP contribution in [0.15, 0.2) is 34.5 Å². The first-order valence-electron chi connectivity index (χ1n) is 5.76. The van der Waals surface area contributed by atoms with Crippen LogP contribution in [0.2, 0.25) is 0 Å². The van der Waals surface area contributed by atoms with Crippen LogP contribution < -0.4 is 16.4 Å². The van der Waals surface area contributed by atoms with E-state index in [4.69, 9.17) is 11.5 Å². The standard InChI is InChI=1S/C12H17Br2N5.ClH/c13-5-7-19(8-6-14)11-3-1-10(2-4-11)9-17-18-12(15)16;/h1-4,9H,5-8H2,(H4,15,16,18);1H/b17-9-;. The maximum absolute atomic E-state index is 5.19. The van der Waals surface area contributed by atoms with Crippen LogP contribution in [0.4, 0.5) is 5.69 Å². The van der Waals surface area contributed by atoms with E-state index in [-0.39, 0.29) is 18.4 Å². The van der Waals surface area contributed by atoms with Gasteiger partial charge in [0.2, 0.25) is 5.96 Å². The zero-order chi connectivity index (χ0) is 14.1. The summed E-state index contributed by atoms with van der Waals surface area (Å²) in [5.41, 5.74) is 12.5. The van der Waals surface area contributed by atoms with Gasteiger partial charge in [0.1, 0.15) is 0 Å². The molecule has 0 saturated carbocycles. The molecule has 4 N–H and O–H groups in total. The number of anilines is 1. The number of alkyl halides is 2. The van der Waals surface area contributed by atoms with E-state index in [1.165, 1.54) is 5.69 Å². The second-order valence-electron chi connectivity index (χ2n) is 3.73. The number of guanidine groups is 1. The Morgan fingerprint density at radius 2 is 1.65 bits per heavy atom. The fourth-order valence-corrected chi connectivity index (χ4v) is 2.36. The number of hydrogen-bond donors (Lipinski definition) is 2. The highest BCUT2D eigenvalue weighted by Crippen LogP contribution is 2.15. The van der Waals surface area contributed by atoms with Crippen molar-refractivity contribution in [3.8, 4) is 0 Å². The van der Waals surface area contributed by atoms with Gasteiger partial charge in [0, 0.05) is 29.4 Å². The van der Waals surface area contributed by atoms with Crippen LogP contribution in [-0.2, 0) is 0 Å². The summed E-state index contributed by atoms with van der Waals surface area (Å²) < 4.78 is 0. The highest BCUT2D eigenvalue weighted by Gasteiger charge is 2.04. The second-order valence-corrected chi connectivity index (χ2v) is 5.31. The van der Waals surface area contributed by atoms with Gasteiger partial charge in [0.05, 0.1) is 6.21 Å². The van der Waals surface area contributed by atoms with Crippen molar-refractivity contribution >= 4 is 62.1 Å². The molecule has 0 bridgehead atoms. The summed E-state index contributed by atoms with van der Waals surface area (Å²) in [5, 5.41) is 9.20. The van der Waals surface area contributed by atoms with Crippen molar-refractivity contribution in [2.75, 3.05) is 28.6 Å². The van der Waals surface area contributed by atoms with Crippen LogP contribution in [0.25, 0.3) is 0 Å². The third-order valence-electron chi connectivity index (χ3n) is 2.35. The normalized spacial score (nSPS) is 10.1. The van der Waals surface area contributed by atoms with E-state index in [2.05, 4.69) is 59.1 Å². The van der Waals surface area contributed by atoms with E-state index in [1.54, 1.807) is 6.21 Å². The first kappa shape index (κ1) is 19.2. The smallest absolute Gasteiger partial charge is 0.211 e. The molecule has 8 heteroatoms. The van der Waals surface area contributed by atoms with E-state index in [0.717, 1.165) is 29.3 Å². The van der Waals surface area contributed by atoms with E-state index in [0.29, 0.717) is 0 Å². The van der Waals surface area contributed by atoms with Crippen LogP contribution in [-0.4, -0.2) is 35.9 Å². The second kappa shape index (κ2) is 10.9. The molecular weight excluding hydrogens is 409 g/mol. The van der Waals surface area contributed by atoms with Crippen molar-refractivity contribution < 1.29 is 0 Å². The summed E-state index contributed by atoms with van der Waals surface area (Å²) in [6.07, 6.45) is 1.61. The van der Waals surface area contributed by atoms with Crippen LogP contribution in [0.5, 0.6) is 0 Å². The molecule has 1 rings (SSSR count). The minimum Gasteiger partial charge on any atom is -0.370 e. The van der Waals surface area contributed by atoms with E-state index in [1.807, 2.05) is 12.1 Å². The molecule has 20 heavy (non-hydrogen) atoms. The Morgan fingerprint density at radius 1 is 1.10 bits per heavy atom. The number of benzene rings is 1. The highest BCUT2D eigenvalue weighted by atomic mass is 79.9. The highest BCUT2D eigenvalue weighted by molar-refractivity contribution is 9.09. The molecule has 5 nitrogen and oxygen atoms in total. The summed E-state index contributed by atoms with van der Waals surface area (Å²) in [7, 11) is 0. The predicted molar refractivity (Wildman–Crippen MR) is 96.9 cm³/mol. The van der Waals surface area contributed by atoms with Crippen molar-refractivity contribution in [1.29, 1.82) is 0 Å². The summed E-state index contributed by atoms with van der Waals surface area (Å²) in [5.74, 6) is -0.0475. The summed E-state index contributed by atoms with van der Waals surface area (Å²) in [6, 6.07) is 8.08. The molecule has 0 aliphatic rings. The van der Waals surface area contributed by atoms with E-state index >= 15 is 0 Å². The quantitative estimate of drug-likeness (QED) is 0.303. The Hall–Kier alpha value is -0.790. The molecule has 0 aliphatic heterocycles. The number of nitrogens with zero attached hydrogens (tertiary/aromatic N) is 3. The first-order chi connectivity index (χ1) is 9.17. The third kappa shape index (κ3) is 7.12. The molecule has 0 spiro atoms. The van der Waals surface area contributed by atoms with Gasteiger partial charge in [0.15, 0.2) is 0 Å². The molecule has 0 atom stereocenters. The van der Waals surface area contributed by atoms with Crippen LogP contribution in [0.3, 0.4) is 0 Å². The Morgan fingerprint density at radius 3 is 2.10 bits per heavy atom. The van der Waals surface area contributed by atoms with Gasteiger partial charge in [-0.05, 0) is 17.7 Å². The average Bonchev–Trinajstić information content (AvgIpc) is 2.39. The summed E-state index contributed by atoms with van der Waals surface area (Å²) in [6.45, 7) is 1.93. The predicted octanol–water partition coefficient (Wildman–Crippen LogP) is 2.31. The zero-order valence-electron chi connectivity index (χ0n) is 10.9. The minimum atomic E-state index is -0.0475. The number of hydrogen-bond acceptors (Lipinski definition) is 3. The molecule has 0 aliphatic carbocycles. The van der Waals surface area contributed by atoms with E-state index < -0.39 is 0 Å². The molecule has 0 saturated heterocycles. The number of nitrogens with two attached hydrogens (primary N) is 2. The molecular formula is C12H18Br2ClN5. The average molecular weight is 428 g/mol. The largest absolute Gasteiger partial charge is 0.370 e. The van der Waals surface area contributed by atoms with Gasteiger partial charge in [-0.15, -0.1) is 17.5 Å². The molecule has 0 radical (unpaired) electrons. The molecule has 0 fully saturated rings. The fraction of sp³-hybridized carbons (Fsp3) is 0.333.